The van der Waals surface area contributed by atoms with E-state index in [-0.39, 0.29) is 0 Å². The third-order valence-electron chi connectivity index (χ3n) is 5.23. The topological polar surface area (TPSA) is 27.7 Å². The number of rotatable bonds is 13. The molecule has 0 radical (unpaired) electrons. The zero-order chi connectivity index (χ0) is 27.1. The monoisotopic (exact) mass is 506 g/mol. The zero-order valence-corrected chi connectivity index (χ0v) is 24.1. The third-order valence-corrected chi connectivity index (χ3v) is 5.23. The van der Waals surface area contributed by atoms with Crippen LogP contribution in [-0.4, -0.2) is 31.5 Å². The van der Waals surface area contributed by atoms with Crippen LogP contribution in [0, 0.1) is 0 Å². The van der Waals surface area contributed by atoms with Gasteiger partial charge in [0.1, 0.15) is 0 Å². The average Bonchev–Trinajstić information content (AvgIpc) is 2.90. The van der Waals surface area contributed by atoms with Gasteiger partial charge < -0.3 is 14.2 Å². The molecule has 0 amide bonds. The first-order valence-corrected chi connectivity index (χ1v) is 13.8. The van der Waals surface area contributed by atoms with Crippen molar-refractivity contribution in [1.29, 1.82) is 0 Å². The first-order valence-electron chi connectivity index (χ1n) is 13.8. The molecule has 0 saturated carbocycles. The van der Waals surface area contributed by atoms with Gasteiger partial charge in [0.15, 0.2) is 0 Å². The van der Waals surface area contributed by atoms with E-state index < -0.39 is 0 Å². The van der Waals surface area contributed by atoms with Crippen LogP contribution >= 0.6 is 0 Å². The molecule has 0 atom stereocenters. The van der Waals surface area contributed by atoms with Crippen molar-refractivity contribution in [2.24, 2.45) is 0 Å². The molecule has 3 heteroatoms. The van der Waals surface area contributed by atoms with Crippen molar-refractivity contribution in [2.45, 2.75) is 92.1 Å². The van der Waals surface area contributed by atoms with Gasteiger partial charge in [0.25, 0.3) is 0 Å². The van der Waals surface area contributed by atoms with Gasteiger partial charge in [-0.2, -0.15) is 0 Å². The summed E-state index contributed by atoms with van der Waals surface area (Å²) in [6, 6.07) is 31.3. The van der Waals surface area contributed by atoms with Crippen molar-refractivity contribution in [3.8, 4) is 0 Å². The van der Waals surface area contributed by atoms with E-state index in [1.165, 1.54) is 16.7 Å². The fourth-order valence-electron chi connectivity index (χ4n) is 3.32. The summed E-state index contributed by atoms with van der Waals surface area (Å²) in [5.74, 6) is 0. The Hall–Kier alpha value is -2.46. The summed E-state index contributed by atoms with van der Waals surface area (Å²) in [6.45, 7) is 14.8. The molecule has 204 valence electrons. The second-order valence-electron chi connectivity index (χ2n) is 9.86. The second kappa shape index (κ2) is 21.6. The molecular weight excluding hydrogens is 456 g/mol. The maximum absolute atomic E-state index is 5.46. The third kappa shape index (κ3) is 20.3. The van der Waals surface area contributed by atoms with E-state index in [2.05, 4.69) is 88.4 Å². The second-order valence-corrected chi connectivity index (χ2v) is 9.86. The van der Waals surface area contributed by atoms with Gasteiger partial charge in [-0.1, -0.05) is 91.0 Å². The highest BCUT2D eigenvalue weighted by Crippen LogP contribution is 2.04. The van der Waals surface area contributed by atoms with E-state index in [0.717, 1.165) is 45.5 Å². The van der Waals surface area contributed by atoms with Crippen LogP contribution in [0.25, 0.3) is 0 Å². The smallest absolute Gasteiger partial charge is 0.0720 e. The van der Waals surface area contributed by atoms with Gasteiger partial charge in [-0.05, 0) is 83.9 Å². The van der Waals surface area contributed by atoms with Crippen LogP contribution in [0.5, 0.6) is 0 Å². The lowest BCUT2D eigenvalue weighted by Crippen LogP contribution is -2.04. The van der Waals surface area contributed by atoms with E-state index in [1.807, 2.05) is 44.2 Å². The highest BCUT2D eigenvalue weighted by molar-refractivity contribution is 5.15. The van der Waals surface area contributed by atoms with Gasteiger partial charge in [0.2, 0.25) is 0 Å². The molecule has 0 unspecified atom stereocenters. The average molecular weight is 507 g/mol. The molecule has 3 nitrogen and oxygen atoms in total. The quantitative estimate of drug-likeness (QED) is 0.217. The normalized spacial score (nSPS) is 10.6. The van der Waals surface area contributed by atoms with Crippen LogP contribution in [0.2, 0.25) is 0 Å². The highest BCUT2D eigenvalue weighted by atomic mass is 16.5. The lowest BCUT2D eigenvalue weighted by Gasteiger charge is -2.06. The van der Waals surface area contributed by atoms with E-state index in [9.17, 15) is 0 Å². The van der Waals surface area contributed by atoms with Gasteiger partial charge in [-0.3, -0.25) is 0 Å². The standard InChI is InChI=1S/2C12H18O.C10H14O/c2*1-11(2)13-10-6-9-12-7-4-3-5-8-12;1-9(2)11-8-10-6-4-3-5-7-10/h2*3-5,7-8,11H,6,9-10H2,1-2H3;3-7,9H,8H2,1-2H3. The number of hydrogen-bond donors (Lipinski definition) is 0. The number of hydrogen-bond acceptors (Lipinski definition) is 3. The predicted octanol–water partition coefficient (Wildman–Crippen LogP) is 8.70. The molecule has 0 heterocycles. The van der Waals surface area contributed by atoms with Gasteiger partial charge in [0, 0.05) is 13.2 Å². The molecule has 3 aromatic carbocycles. The Morgan fingerprint density at radius 1 is 0.432 bits per heavy atom. The summed E-state index contributed by atoms with van der Waals surface area (Å²) in [5.41, 5.74) is 4.03. The summed E-state index contributed by atoms with van der Waals surface area (Å²) >= 11 is 0. The van der Waals surface area contributed by atoms with Crippen LogP contribution in [0.1, 0.15) is 71.1 Å². The summed E-state index contributed by atoms with van der Waals surface area (Å²) < 4.78 is 16.4. The molecule has 0 aliphatic rings. The highest BCUT2D eigenvalue weighted by Gasteiger charge is 1.96. The zero-order valence-electron chi connectivity index (χ0n) is 24.1. The van der Waals surface area contributed by atoms with E-state index in [1.54, 1.807) is 0 Å². The van der Waals surface area contributed by atoms with Crippen LogP contribution in [0.15, 0.2) is 91.0 Å². The van der Waals surface area contributed by atoms with Crippen molar-refractivity contribution in [3.05, 3.63) is 108 Å². The van der Waals surface area contributed by atoms with Crippen molar-refractivity contribution in [3.63, 3.8) is 0 Å². The molecule has 0 spiro atoms. The summed E-state index contributed by atoms with van der Waals surface area (Å²) in [4.78, 5) is 0. The predicted molar refractivity (Wildman–Crippen MR) is 158 cm³/mol. The molecule has 0 N–H and O–H groups in total. The van der Waals surface area contributed by atoms with Crippen LogP contribution in [0.4, 0.5) is 0 Å². The fraction of sp³-hybridized carbons (Fsp3) is 0.471. The Balaban J connectivity index is 0.000000279. The van der Waals surface area contributed by atoms with Crippen molar-refractivity contribution >= 4 is 0 Å². The molecule has 37 heavy (non-hydrogen) atoms. The molecular formula is C34H50O3. The minimum Gasteiger partial charge on any atom is -0.379 e. The van der Waals surface area contributed by atoms with E-state index in [4.69, 9.17) is 14.2 Å². The molecule has 0 fully saturated rings. The Bertz CT molecular complexity index is 810. The van der Waals surface area contributed by atoms with E-state index >= 15 is 0 Å². The number of benzene rings is 3. The van der Waals surface area contributed by atoms with Gasteiger partial charge in [-0.15, -0.1) is 0 Å². The molecule has 0 aromatic heterocycles. The minimum absolute atomic E-state index is 0.315. The number of aryl methyl sites for hydroxylation is 2. The number of ether oxygens (including phenoxy) is 3. The SMILES string of the molecule is CC(C)OCCCc1ccccc1.CC(C)OCCCc1ccccc1.CC(C)OCc1ccccc1. The Morgan fingerprint density at radius 2 is 0.757 bits per heavy atom. The Kier molecular flexibility index (Phi) is 19.0. The first-order chi connectivity index (χ1) is 17.9. The summed E-state index contributed by atoms with van der Waals surface area (Å²) in [6.07, 6.45) is 5.49. The summed E-state index contributed by atoms with van der Waals surface area (Å²) in [5, 5.41) is 0. The Morgan fingerprint density at radius 3 is 1.08 bits per heavy atom. The van der Waals surface area contributed by atoms with Crippen LogP contribution in [-0.2, 0) is 33.7 Å². The van der Waals surface area contributed by atoms with Crippen molar-refractivity contribution < 1.29 is 14.2 Å². The molecule has 0 saturated heterocycles. The maximum Gasteiger partial charge on any atom is 0.0720 e. The fourth-order valence-corrected chi connectivity index (χ4v) is 3.32. The van der Waals surface area contributed by atoms with Gasteiger partial charge in [-0.25, -0.2) is 0 Å². The molecule has 3 rings (SSSR count). The van der Waals surface area contributed by atoms with E-state index in [0.29, 0.717) is 18.3 Å². The molecule has 0 aliphatic carbocycles. The van der Waals surface area contributed by atoms with Crippen LogP contribution in [0.3, 0.4) is 0 Å². The maximum atomic E-state index is 5.46. The molecule has 0 bridgehead atoms. The van der Waals surface area contributed by atoms with Gasteiger partial charge >= 0.3 is 0 Å². The minimum atomic E-state index is 0.315. The van der Waals surface area contributed by atoms with Crippen molar-refractivity contribution in [1.82, 2.24) is 0 Å². The van der Waals surface area contributed by atoms with Gasteiger partial charge in [0.05, 0.1) is 24.9 Å². The molecule has 0 aliphatic heterocycles. The lowest BCUT2D eigenvalue weighted by atomic mass is 10.1. The molecule has 3 aromatic rings. The lowest BCUT2D eigenvalue weighted by molar-refractivity contribution is 0.0657. The van der Waals surface area contributed by atoms with Crippen LogP contribution < -0.4 is 0 Å². The first kappa shape index (κ1) is 32.6. The summed E-state index contributed by atoms with van der Waals surface area (Å²) in [7, 11) is 0. The largest absolute Gasteiger partial charge is 0.379 e. The van der Waals surface area contributed by atoms with Crippen molar-refractivity contribution in [2.75, 3.05) is 13.2 Å². The Labute approximate surface area is 227 Å².